The second-order valence-electron chi connectivity index (χ2n) is 4.74. The summed E-state index contributed by atoms with van der Waals surface area (Å²) in [5.41, 5.74) is 6.09. The molecule has 2 aromatic rings. The van der Waals surface area contributed by atoms with Gasteiger partial charge < -0.3 is 20.5 Å². The Morgan fingerprint density at radius 1 is 1.48 bits per heavy atom. The van der Waals surface area contributed by atoms with E-state index in [1.165, 1.54) is 17.4 Å². The third-order valence-corrected chi connectivity index (χ3v) is 4.45. The molecule has 1 atom stereocenters. The van der Waals surface area contributed by atoms with Crippen molar-refractivity contribution in [3.8, 4) is 0 Å². The number of nitrogen functional groups attached to an aromatic ring is 1. The fraction of sp³-hybridized carbons (Fsp3) is 0.357. The van der Waals surface area contributed by atoms with Crippen LogP contribution in [0.3, 0.4) is 0 Å². The topological polar surface area (TPSA) is 73.6 Å². The van der Waals surface area contributed by atoms with Crippen LogP contribution in [0.5, 0.6) is 0 Å². The molecule has 21 heavy (non-hydrogen) atoms. The summed E-state index contributed by atoms with van der Waals surface area (Å²) in [6.45, 7) is 1.90. The Kier molecular flexibility index (Phi) is 4.05. The maximum atomic E-state index is 13.8. The number of thiophene rings is 1. The highest BCUT2D eigenvalue weighted by atomic mass is 32.1. The number of fused-ring (bicyclic) bond motifs is 1. The van der Waals surface area contributed by atoms with E-state index in [4.69, 9.17) is 15.2 Å². The Labute approximate surface area is 124 Å². The molecule has 0 radical (unpaired) electrons. The third-order valence-electron chi connectivity index (χ3n) is 3.28. The van der Waals surface area contributed by atoms with Crippen molar-refractivity contribution in [2.24, 2.45) is 0 Å². The second-order valence-corrected chi connectivity index (χ2v) is 5.79. The van der Waals surface area contributed by atoms with Crippen LogP contribution in [0.15, 0.2) is 18.2 Å². The van der Waals surface area contributed by atoms with Crippen molar-refractivity contribution in [1.82, 2.24) is 5.32 Å². The fourth-order valence-corrected chi connectivity index (χ4v) is 3.29. The number of nitrogens with two attached hydrogens (primary N) is 1. The van der Waals surface area contributed by atoms with Crippen molar-refractivity contribution in [2.75, 3.05) is 32.1 Å². The average molecular weight is 310 g/mol. The molecule has 1 saturated heterocycles. The van der Waals surface area contributed by atoms with Crippen LogP contribution >= 0.6 is 11.3 Å². The Hall–Kier alpha value is -1.70. The molecular weight excluding hydrogens is 295 g/mol. The standard InChI is InChI=1S/C14H15FN2O3S/c15-9-2-1-3-10-11(9)12(16)13(21-10)14(18)17-6-8-7-19-4-5-20-8/h1-3,8H,4-7,16H2,(H,17,18). The van der Waals surface area contributed by atoms with Crippen molar-refractivity contribution in [3.05, 3.63) is 28.9 Å². The molecule has 1 unspecified atom stereocenters. The molecule has 1 aromatic carbocycles. The number of nitrogens with one attached hydrogen (secondary N) is 1. The zero-order valence-corrected chi connectivity index (χ0v) is 12.0. The minimum Gasteiger partial charge on any atom is -0.397 e. The van der Waals surface area contributed by atoms with Crippen molar-refractivity contribution >= 4 is 33.0 Å². The van der Waals surface area contributed by atoms with Gasteiger partial charge in [-0.15, -0.1) is 11.3 Å². The molecule has 1 amide bonds. The zero-order valence-electron chi connectivity index (χ0n) is 11.2. The van der Waals surface area contributed by atoms with Crippen LogP contribution in [0.1, 0.15) is 9.67 Å². The number of amides is 1. The summed E-state index contributed by atoms with van der Waals surface area (Å²) < 4.78 is 25.1. The van der Waals surface area contributed by atoms with Crippen molar-refractivity contribution in [2.45, 2.75) is 6.10 Å². The number of anilines is 1. The van der Waals surface area contributed by atoms with Gasteiger partial charge in [0.1, 0.15) is 10.7 Å². The molecule has 1 aromatic heterocycles. The molecule has 0 spiro atoms. The number of carbonyl (C=O) groups is 1. The van der Waals surface area contributed by atoms with Gasteiger partial charge in [-0.3, -0.25) is 4.79 Å². The molecule has 7 heteroatoms. The van der Waals surface area contributed by atoms with E-state index in [9.17, 15) is 9.18 Å². The normalized spacial score (nSPS) is 18.8. The molecule has 3 rings (SSSR count). The molecule has 0 aliphatic carbocycles. The molecule has 112 valence electrons. The molecule has 0 bridgehead atoms. The summed E-state index contributed by atoms with van der Waals surface area (Å²) in [7, 11) is 0. The summed E-state index contributed by atoms with van der Waals surface area (Å²) >= 11 is 1.18. The predicted octanol–water partition coefficient (Wildman–Crippen LogP) is 1.77. The Bertz CT molecular complexity index is 668. The number of ether oxygens (including phenoxy) is 2. The molecular formula is C14H15FN2O3S. The van der Waals surface area contributed by atoms with E-state index >= 15 is 0 Å². The molecule has 5 nitrogen and oxygen atoms in total. The van der Waals surface area contributed by atoms with Gasteiger partial charge in [-0.1, -0.05) is 6.07 Å². The lowest BCUT2D eigenvalue weighted by molar-refractivity contribution is -0.0855. The lowest BCUT2D eigenvalue weighted by atomic mass is 10.2. The maximum Gasteiger partial charge on any atom is 0.263 e. The van der Waals surface area contributed by atoms with E-state index in [0.717, 1.165) is 0 Å². The minimum absolute atomic E-state index is 0.157. The molecule has 3 N–H and O–H groups in total. The summed E-state index contributed by atoms with van der Waals surface area (Å²) in [4.78, 5) is 12.5. The molecule has 1 aliphatic heterocycles. The van der Waals surface area contributed by atoms with Crippen LogP contribution < -0.4 is 11.1 Å². The summed E-state index contributed by atoms with van der Waals surface area (Å²) in [5, 5.41) is 3.06. The van der Waals surface area contributed by atoms with E-state index in [1.54, 1.807) is 12.1 Å². The van der Waals surface area contributed by atoms with Gasteiger partial charge in [0.15, 0.2) is 0 Å². The third kappa shape index (κ3) is 2.85. The quantitative estimate of drug-likeness (QED) is 0.906. The number of benzene rings is 1. The van der Waals surface area contributed by atoms with E-state index in [0.29, 0.717) is 41.3 Å². The van der Waals surface area contributed by atoms with Crippen LogP contribution in [0.25, 0.3) is 10.1 Å². The van der Waals surface area contributed by atoms with E-state index in [1.807, 2.05) is 0 Å². The highest BCUT2D eigenvalue weighted by Gasteiger charge is 2.20. The number of hydrogen-bond donors (Lipinski definition) is 2. The van der Waals surface area contributed by atoms with Crippen molar-refractivity contribution in [1.29, 1.82) is 0 Å². The van der Waals surface area contributed by atoms with Crippen LogP contribution in [0.4, 0.5) is 10.1 Å². The molecule has 1 aliphatic rings. The Morgan fingerprint density at radius 3 is 3.05 bits per heavy atom. The van der Waals surface area contributed by atoms with E-state index in [-0.39, 0.29) is 17.7 Å². The average Bonchev–Trinajstić information content (AvgIpc) is 2.84. The highest BCUT2D eigenvalue weighted by molar-refractivity contribution is 7.21. The fourth-order valence-electron chi connectivity index (χ4n) is 2.24. The number of rotatable bonds is 3. The SMILES string of the molecule is Nc1c(C(=O)NCC2COCCO2)sc2cccc(F)c12. The number of halogens is 1. The molecule has 0 saturated carbocycles. The van der Waals surface area contributed by atoms with Crippen LogP contribution in [0, 0.1) is 5.82 Å². The second kappa shape index (κ2) is 5.97. The van der Waals surface area contributed by atoms with Gasteiger partial charge >= 0.3 is 0 Å². The lowest BCUT2D eigenvalue weighted by Crippen LogP contribution is -2.39. The summed E-state index contributed by atoms with van der Waals surface area (Å²) in [6, 6.07) is 4.68. The van der Waals surface area contributed by atoms with Crippen LogP contribution in [0.2, 0.25) is 0 Å². The zero-order chi connectivity index (χ0) is 14.8. The van der Waals surface area contributed by atoms with Crippen molar-refractivity contribution in [3.63, 3.8) is 0 Å². The van der Waals surface area contributed by atoms with Gasteiger partial charge in [0, 0.05) is 11.2 Å². The lowest BCUT2D eigenvalue weighted by Gasteiger charge is -2.22. The maximum absolute atomic E-state index is 13.8. The first-order chi connectivity index (χ1) is 10.2. The van der Waals surface area contributed by atoms with Crippen molar-refractivity contribution < 1.29 is 18.7 Å². The smallest absolute Gasteiger partial charge is 0.263 e. The molecule has 2 heterocycles. The van der Waals surface area contributed by atoms with E-state index < -0.39 is 5.82 Å². The van der Waals surface area contributed by atoms with Gasteiger partial charge in [-0.2, -0.15) is 0 Å². The number of hydrogen-bond acceptors (Lipinski definition) is 5. The Morgan fingerprint density at radius 2 is 2.33 bits per heavy atom. The first-order valence-corrected chi connectivity index (χ1v) is 7.42. The van der Waals surface area contributed by atoms with Gasteiger partial charge in [0.05, 0.1) is 37.0 Å². The van der Waals surface area contributed by atoms with Crippen LogP contribution in [-0.2, 0) is 9.47 Å². The summed E-state index contributed by atoms with van der Waals surface area (Å²) in [5.74, 6) is -0.730. The van der Waals surface area contributed by atoms with Gasteiger partial charge in [-0.25, -0.2) is 4.39 Å². The van der Waals surface area contributed by atoms with E-state index in [2.05, 4.69) is 5.32 Å². The van der Waals surface area contributed by atoms with Gasteiger partial charge in [0.2, 0.25) is 0 Å². The minimum atomic E-state index is -0.413. The monoisotopic (exact) mass is 310 g/mol. The predicted molar refractivity (Wildman–Crippen MR) is 79.1 cm³/mol. The van der Waals surface area contributed by atoms with Gasteiger partial charge in [-0.05, 0) is 12.1 Å². The Balaban J connectivity index is 1.75. The van der Waals surface area contributed by atoms with Crippen LogP contribution in [-0.4, -0.2) is 38.4 Å². The largest absolute Gasteiger partial charge is 0.397 e. The summed E-state index contributed by atoms with van der Waals surface area (Å²) in [6.07, 6.45) is -0.157. The number of carbonyl (C=O) groups excluding carboxylic acids is 1. The highest BCUT2D eigenvalue weighted by Crippen LogP contribution is 2.35. The first kappa shape index (κ1) is 14.2. The van der Waals surface area contributed by atoms with Gasteiger partial charge in [0.25, 0.3) is 5.91 Å². The first-order valence-electron chi connectivity index (χ1n) is 6.61. The molecule has 1 fully saturated rings.